The highest BCUT2D eigenvalue weighted by atomic mass is 32.1. The third-order valence-corrected chi connectivity index (χ3v) is 7.65. The van der Waals surface area contributed by atoms with Gasteiger partial charge in [-0.25, -0.2) is 19.9 Å². The Morgan fingerprint density at radius 1 is 0.900 bits per heavy atom. The lowest BCUT2D eigenvalue weighted by Crippen LogP contribution is -2.07. The molecule has 0 fully saturated rings. The molecule has 2 N–H and O–H groups in total. The lowest BCUT2D eigenvalue weighted by molar-refractivity contribution is -0.137. The Labute approximate surface area is 229 Å². The Hall–Kier alpha value is -4.77. The van der Waals surface area contributed by atoms with Crippen molar-refractivity contribution < 1.29 is 13.2 Å². The third kappa shape index (κ3) is 4.43. The quantitative estimate of drug-likeness (QED) is 0.226. The number of nitrogens with zero attached hydrogens (tertiary/aromatic N) is 5. The van der Waals surface area contributed by atoms with Crippen molar-refractivity contribution in [3.05, 3.63) is 101 Å². The largest absolute Gasteiger partial charge is 0.416 e. The van der Waals surface area contributed by atoms with E-state index in [1.807, 2.05) is 52.4 Å². The van der Waals surface area contributed by atoms with Crippen LogP contribution in [0.3, 0.4) is 0 Å². The molecule has 4 heterocycles. The molecule has 40 heavy (non-hydrogen) atoms. The molecule has 4 aromatic heterocycles. The highest BCUT2D eigenvalue weighted by Crippen LogP contribution is 2.34. The molecule has 0 atom stereocenters. The molecule has 0 unspecified atom stereocenters. The molecule has 0 spiro atoms. The molecule has 3 aromatic carbocycles. The van der Waals surface area contributed by atoms with Gasteiger partial charge < -0.3 is 14.9 Å². The molecule has 0 saturated heterocycles. The summed E-state index contributed by atoms with van der Waals surface area (Å²) in [6, 6.07) is 21.0. The van der Waals surface area contributed by atoms with Crippen LogP contribution >= 0.6 is 11.3 Å². The first-order valence-corrected chi connectivity index (χ1v) is 13.3. The van der Waals surface area contributed by atoms with E-state index in [2.05, 4.69) is 26.3 Å². The fourth-order valence-electron chi connectivity index (χ4n) is 4.71. The number of hydrogen-bond acceptors (Lipinski definition) is 6. The number of aromatic nitrogens is 6. The van der Waals surface area contributed by atoms with Gasteiger partial charge in [0.1, 0.15) is 11.3 Å². The molecular formula is C29H20F3N7S. The average molecular weight is 556 g/mol. The summed E-state index contributed by atoms with van der Waals surface area (Å²) in [6.45, 7) is 0.689. The third-order valence-electron chi connectivity index (χ3n) is 6.68. The van der Waals surface area contributed by atoms with Gasteiger partial charge >= 0.3 is 6.18 Å². The number of aromatic amines is 1. The first-order valence-electron chi connectivity index (χ1n) is 12.5. The smallest absolute Gasteiger partial charge is 0.361 e. The van der Waals surface area contributed by atoms with Crippen molar-refractivity contribution in [1.82, 2.24) is 29.5 Å². The van der Waals surface area contributed by atoms with Gasteiger partial charge in [0.2, 0.25) is 0 Å². The summed E-state index contributed by atoms with van der Waals surface area (Å²) in [5.41, 5.74) is 3.87. The summed E-state index contributed by atoms with van der Waals surface area (Å²) < 4.78 is 42.1. The Morgan fingerprint density at radius 3 is 2.52 bits per heavy atom. The van der Waals surface area contributed by atoms with Crippen molar-refractivity contribution in [2.24, 2.45) is 0 Å². The van der Waals surface area contributed by atoms with E-state index >= 15 is 0 Å². The highest BCUT2D eigenvalue weighted by molar-refractivity contribution is 7.17. The number of alkyl halides is 3. The lowest BCUT2D eigenvalue weighted by Gasteiger charge is -2.10. The number of hydrogen-bond donors (Lipinski definition) is 2. The number of nitrogens with one attached hydrogen (secondary N) is 2. The van der Waals surface area contributed by atoms with Crippen LogP contribution in [0.1, 0.15) is 17.0 Å². The number of fused-ring (bicyclic) bond motifs is 3. The van der Waals surface area contributed by atoms with Crippen molar-refractivity contribution in [1.29, 1.82) is 0 Å². The second-order valence-corrected chi connectivity index (χ2v) is 10.2. The molecular weight excluding hydrogens is 535 g/mol. The average Bonchev–Trinajstić information content (AvgIpc) is 3.68. The highest BCUT2D eigenvalue weighted by Gasteiger charge is 2.30. The number of imidazole rings is 2. The van der Waals surface area contributed by atoms with Gasteiger partial charge in [0.25, 0.3) is 0 Å². The topological polar surface area (TPSA) is 84.3 Å². The molecule has 0 aliphatic heterocycles. The molecule has 0 aliphatic rings. The van der Waals surface area contributed by atoms with E-state index in [4.69, 9.17) is 9.97 Å². The van der Waals surface area contributed by atoms with E-state index in [-0.39, 0.29) is 0 Å². The molecule has 0 saturated carbocycles. The number of thiophene rings is 1. The second-order valence-electron chi connectivity index (χ2n) is 9.33. The molecule has 7 rings (SSSR count). The summed E-state index contributed by atoms with van der Waals surface area (Å²) in [4.78, 5) is 22.3. The van der Waals surface area contributed by atoms with Gasteiger partial charge in [-0.2, -0.15) is 13.2 Å². The maximum Gasteiger partial charge on any atom is 0.416 e. The number of H-pyrrole nitrogens is 1. The monoisotopic (exact) mass is 555 g/mol. The minimum atomic E-state index is -4.38. The van der Waals surface area contributed by atoms with Gasteiger partial charge in [-0.3, -0.25) is 0 Å². The fraction of sp³-hybridized carbons (Fsp3) is 0.103. The van der Waals surface area contributed by atoms with Crippen LogP contribution in [0, 0.1) is 0 Å². The Bertz CT molecular complexity index is 1950. The van der Waals surface area contributed by atoms with Crippen molar-refractivity contribution in [2.75, 3.05) is 5.32 Å². The van der Waals surface area contributed by atoms with Crippen molar-refractivity contribution in [3.63, 3.8) is 0 Å². The van der Waals surface area contributed by atoms with Crippen molar-refractivity contribution in [3.8, 4) is 11.4 Å². The Balaban J connectivity index is 1.29. The Kier molecular flexibility index (Phi) is 5.74. The summed E-state index contributed by atoms with van der Waals surface area (Å²) >= 11 is 1.62. The van der Waals surface area contributed by atoms with E-state index in [0.29, 0.717) is 41.5 Å². The van der Waals surface area contributed by atoms with Crippen LogP contribution in [0.25, 0.3) is 43.7 Å². The van der Waals surface area contributed by atoms with Gasteiger partial charge in [0.15, 0.2) is 17.3 Å². The van der Waals surface area contributed by atoms with Crippen LogP contribution in [0.2, 0.25) is 0 Å². The SMILES string of the molecule is FC(F)(F)c1ccc(Cn2cnc3c(NCc4nc5ccccc5[nH]4)nc(-c4csc5ccccc45)nc32)cc1. The summed E-state index contributed by atoms with van der Waals surface area (Å²) in [5, 5.41) is 6.45. The summed E-state index contributed by atoms with van der Waals surface area (Å²) in [5.74, 6) is 1.83. The van der Waals surface area contributed by atoms with Crippen molar-refractivity contribution >= 4 is 49.4 Å². The van der Waals surface area contributed by atoms with Crippen LogP contribution < -0.4 is 5.32 Å². The fourth-order valence-corrected chi connectivity index (χ4v) is 5.65. The number of benzene rings is 3. The first kappa shape index (κ1) is 24.3. The van der Waals surface area contributed by atoms with Gasteiger partial charge in [-0.1, -0.05) is 42.5 Å². The molecule has 7 nitrogen and oxygen atoms in total. The van der Waals surface area contributed by atoms with E-state index in [9.17, 15) is 13.2 Å². The minimum Gasteiger partial charge on any atom is -0.361 e. The summed E-state index contributed by atoms with van der Waals surface area (Å²) in [6.07, 6.45) is -2.75. The van der Waals surface area contributed by atoms with E-state index in [1.54, 1.807) is 17.7 Å². The number of anilines is 1. The standard InChI is InChI=1S/C29H20F3N7S/c30-29(31,32)18-11-9-17(10-12-18)14-39-16-34-25-27(33-13-24-35-21-6-2-3-7-22(21)36-24)37-26(38-28(25)39)20-15-40-23-8-4-1-5-19(20)23/h1-12,15-16H,13-14H2,(H,35,36)(H,33,37,38). The molecule has 7 aromatic rings. The number of halogens is 3. The van der Waals surface area contributed by atoms with Crippen LogP contribution in [-0.4, -0.2) is 29.5 Å². The number of para-hydroxylation sites is 2. The first-order chi connectivity index (χ1) is 19.4. The van der Waals surface area contributed by atoms with E-state index in [1.165, 1.54) is 12.1 Å². The van der Waals surface area contributed by atoms with Gasteiger partial charge in [-0.15, -0.1) is 11.3 Å². The van der Waals surface area contributed by atoms with Crippen LogP contribution in [0.4, 0.5) is 19.0 Å². The lowest BCUT2D eigenvalue weighted by atomic mass is 10.1. The Morgan fingerprint density at radius 2 is 1.70 bits per heavy atom. The van der Waals surface area contributed by atoms with Crippen LogP contribution in [0.5, 0.6) is 0 Å². The zero-order valence-electron chi connectivity index (χ0n) is 20.8. The molecule has 0 amide bonds. The van der Waals surface area contributed by atoms with E-state index < -0.39 is 11.7 Å². The van der Waals surface area contributed by atoms with Gasteiger partial charge in [0, 0.05) is 21.0 Å². The maximum absolute atomic E-state index is 13.1. The molecule has 198 valence electrons. The predicted molar refractivity (Wildman–Crippen MR) is 150 cm³/mol. The molecule has 0 aliphatic carbocycles. The van der Waals surface area contributed by atoms with Gasteiger partial charge in [-0.05, 0) is 35.9 Å². The number of rotatable bonds is 6. The molecule has 11 heteroatoms. The van der Waals surface area contributed by atoms with Gasteiger partial charge in [0.05, 0.1) is 36.0 Å². The summed E-state index contributed by atoms with van der Waals surface area (Å²) in [7, 11) is 0. The predicted octanol–water partition coefficient (Wildman–Crippen LogP) is 7.26. The van der Waals surface area contributed by atoms with E-state index in [0.717, 1.165) is 44.6 Å². The van der Waals surface area contributed by atoms with Crippen molar-refractivity contribution in [2.45, 2.75) is 19.3 Å². The minimum absolute atomic E-state index is 0.304. The van der Waals surface area contributed by atoms with Crippen LogP contribution in [-0.2, 0) is 19.3 Å². The maximum atomic E-state index is 13.1. The normalized spacial score (nSPS) is 12.1. The zero-order chi connectivity index (χ0) is 27.3. The van der Waals surface area contributed by atoms with Crippen LogP contribution in [0.15, 0.2) is 84.5 Å². The second kappa shape index (κ2) is 9.45. The molecule has 0 bridgehead atoms. The molecule has 0 radical (unpaired) electrons. The zero-order valence-corrected chi connectivity index (χ0v) is 21.6.